The van der Waals surface area contributed by atoms with Crippen LogP contribution < -0.4 is 9.47 Å². The first kappa shape index (κ1) is 20.2. The number of amides is 1. The molecule has 2 aromatic carbocycles. The van der Waals surface area contributed by atoms with Gasteiger partial charge in [-0.15, -0.1) is 0 Å². The molecule has 0 aliphatic carbocycles. The number of esters is 1. The van der Waals surface area contributed by atoms with Gasteiger partial charge in [0.25, 0.3) is 5.91 Å². The minimum atomic E-state index is -1.04. The summed E-state index contributed by atoms with van der Waals surface area (Å²) in [4.78, 5) is 31.1. The Kier molecular flexibility index (Phi) is 6.33. The van der Waals surface area contributed by atoms with E-state index < -0.39 is 18.7 Å². The molecule has 1 atom stereocenters. The Labute approximate surface area is 168 Å². The van der Waals surface area contributed by atoms with E-state index in [9.17, 15) is 9.59 Å². The fraction of sp³-hybridized carbons (Fsp3) is 0.286. The second-order valence-electron chi connectivity index (χ2n) is 6.53. The van der Waals surface area contributed by atoms with Gasteiger partial charge in [-0.05, 0) is 25.1 Å². The molecule has 1 unspecified atom stereocenters. The Bertz CT molecular complexity index is 911. The number of ether oxygens (including phenoxy) is 3. The summed E-state index contributed by atoms with van der Waals surface area (Å²) >= 11 is 0. The third-order valence-corrected chi connectivity index (χ3v) is 4.19. The van der Waals surface area contributed by atoms with Gasteiger partial charge in [-0.25, -0.2) is 4.79 Å². The van der Waals surface area contributed by atoms with E-state index in [0.717, 1.165) is 5.56 Å². The van der Waals surface area contributed by atoms with Crippen molar-refractivity contribution >= 4 is 17.6 Å². The largest absolute Gasteiger partial charge is 0.454 e. The zero-order valence-electron chi connectivity index (χ0n) is 16.5. The van der Waals surface area contributed by atoms with Crippen molar-refractivity contribution in [2.24, 2.45) is 5.16 Å². The maximum atomic E-state index is 12.4. The molecule has 1 heterocycles. The summed E-state index contributed by atoms with van der Waals surface area (Å²) in [5.74, 6) is 0.258. The molecule has 1 amide bonds. The lowest BCUT2D eigenvalue weighted by atomic mass is 10.1. The van der Waals surface area contributed by atoms with Crippen LogP contribution in [0.15, 0.2) is 53.7 Å². The number of rotatable bonds is 7. The van der Waals surface area contributed by atoms with Crippen LogP contribution >= 0.6 is 0 Å². The molecule has 0 spiro atoms. The molecule has 0 bridgehead atoms. The lowest BCUT2D eigenvalue weighted by Crippen LogP contribution is -2.32. The lowest BCUT2D eigenvalue weighted by Gasteiger charge is -2.20. The molecular weight excluding hydrogens is 376 g/mol. The molecule has 0 aromatic heterocycles. The van der Waals surface area contributed by atoms with Crippen LogP contribution in [-0.2, 0) is 19.2 Å². The van der Waals surface area contributed by atoms with E-state index in [4.69, 9.17) is 19.0 Å². The van der Waals surface area contributed by atoms with Gasteiger partial charge < -0.3 is 23.9 Å². The maximum Gasteiger partial charge on any atom is 0.348 e. The Morgan fingerprint density at radius 1 is 1.10 bits per heavy atom. The number of benzene rings is 2. The van der Waals surface area contributed by atoms with Gasteiger partial charge in [0.2, 0.25) is 19.5 Å². The fourth-order valence-electron chi connectivity index (χ4n) is 2.64. The molecule has 3 rings (SSSR count). The van der Waals surface area contributed by atoms with Gasteiger partial charge in [0, 0.05) is 25.2 Å². The highest BCUT2D eigenvalue weighted by atomic mass is 16.7. The highest BCUT2D eigenvalue weighted by molar-refractivity contribution is 5.99. The van der Waals surface area contributed by atoms with Crippen molar-refractivity contribution in [1.29, 1.82) is 0 Å². The van der Waals surface area contributed by atoms with Crippen LogP contribution in [0.4, 0.5) is 0 Å². The molecule has 8 nitrogen and oxygen atoms in total. The molecule has 0 N–H and O–H groups in total. The van der Waals surface area contributed by atoms with E-state index in [0.29, 0.717) is 22.8 Å². The third-order valence-electron chi connectivity index (χ3n) is 4.19. The zero-order chi connectivity index (χ0) is 20.8. The molecule has 1 aliphatic heterocycles. The Balaban J connectivity index is 1.60. The van der Waals surface area contributed by atoms with Crippen LogP contribution in [0, 0.1) is 0 Å². The van der Waals surface area contributed by atoms with E-state index in [1.54, 1.807) is 57.4 Å². The summed E-state index contributed by atoms with van der Waals surface area (Å²) in [6.45, 7) is 1.50. The SMILES string of the molecule is C/C(=N\OCC(=O)OC(C(=O)N(C)C)c1ccccc1)c1ccc2c(c1)OCO2. The van der Waals surface area contributed by atoms with E-state index in [2.05, 4.69) is 5.16 Å². The quantitative estimate of drug-likeness (QED) is 0.405. The van der Waals surface area contributed by atoms with Crippen LogP contribution in [0.5, 0.6) is 11.5 Å². The van der Waals surface area contributed by atoms with Crippen molar-refractivity contribution < 1.29 is 28.6 Å². The first-order valence-electron chi connectivity index (χ1n) is 8.98. The van der Waals surface area contributed by atoms with Crippen LogP contribution in [0.1, 0.15) is 24.2 Å². The fourth-order valence-corrected chi connectivity index (χ4v) is 2.64. The Hall–Kier alpha value is -3.55. The normalized spacial score (nSPS) is 13.6. The number of hydrogen-bond acceptors (Lipinski definition) is 7. The van der Waals surface area contributed by atoms with Crippen molar-refractivity contribution in [3.63, 3.8) is 0 Å². The van der Waals surface area contributed by atoms with Gasteiger partial charge in [0.15, 0.2) is 11.5 Å². The molecule has 0 fully saturated rings. The average molecular weight is 398 g/mol. The predicted octanol–water partition coefficient (Wildman–Crippen LogP) is 2.53. The summed E-state index contributed by atoms with van der Waals surface area (Å²) in [7, 11) is 3.20. The zero-order valence-corrected chi connectivity index (χ0v) is 16.5. The van der Waals surface area contributed by atoms with Crippen LogP contribution in [-0.4, -0.2) is 50.0 Å². The Morgan fingerprint density at radius 3 is 2.55 bits per heavy atom. The van der Waals surface area contributed by atoms with E-state index in [1.807, 2.05) is 12.1 Å². The maximum absolute atomic E-state index is 12.4. The summed E-state index contributed by atoms with van der Waals surface area (Å²) in [5, 5.41) is 3.94. The topological polar surface area (TPSA) is 86.7 Å². The molecule has 2 aromatic rings. The van der Waals surface area contributed by atoms with Gasteiger partial charge in [-0.1, -0.05) is 35.5 Å². The monoisotopic (exact) mass is 398 g/mol. The van der Waals surface area contributed by atoms with Crippen LogP contribution in [0.2, 0.25) is 0 Å². The van der Waals surface area contributed by atoms with Gasteiger partial charge in [-0.2, -0.15) is 0 Å². The van der Waals surface area contributed by atoms with Gasteiger partial charge in [-0.3, -0.25) is 4.79 Å². The Morgan fingerprint density at radius 2 is 1.83 bits per heavy atom. The standard InChI is InChI=1S/C21H22N2O6/c1-14(16-9-10-17-18(11-16)27-13-26-17)22-28-12-19(24)29-20(21(25)23(2)3)15-7-5-4-6-8-15/h4-11,20H,12-13H2,1-3H3/b22-14+. The van der Waals surface area contributed by atoms with Crippen molar-refractivity contribution in [2.45, 2.75) is 13.0 Å². The van der Waals surface area contributed by atoms with Gasteiger partial charge in [0.05, 0.1) is 5.71 Å². The molecular formula is C21H22N2O6. The first-order chi connectivity index (χ1) is 14.0. The van der Waals surface area contributed by atoms with E-state index >= 15 is 0 Å². The lowest BCUT2D eigenvalue weighted by molar-refractivity contribution is -0.163. The number of carbonyl (C=O) groups is 2. The van der Waals surface area contributed by atoms with Gasteiger partial charge in [0.1, 0.15) is 0 Å². The molecule has 0 saturated carbocycles. The predicted molar refractivity (Wildman–Crippen MR) is 105 cm³/mol. The van der Waals surface area contributed by atoms with Crippen molar-refractivity contribution in [2.75, 3.05) is 27.5 Å². The number of hydrogen-bond donors (Lipinski definition) is 0. The summed E-state index contributed by atoms with van der Waals surface area (Å²) in [6.07, 6.45) is -1.04. The number of oxime groups is 1. The molecule has 8 heteroatoms. The minimum absolute atomic E-state index is 0.186. The van der Waals surface area contributed by atoms with E-state index in [-0.39, 0.29) is 12.7 Å². The second kappa shape index (κ2) is 9.09. The number of carbonyl (C=O) groups excluding carboxylic acids is 2. The number of nitrogens with zero attached hydrogens (tertiary/aromatic N) is 2. The second-order valence-corrected chi connectivity index (χ2v) is 6.53. The summed E-state index contributed by atoms with van der Waals surface area (Å²) in [5.41, 5.74) is 1.91. The highest BCUT2D eigenvalue weighted by Gasteiger charge is 2.26. The number of likely N-dealkylation sites (N-methyl/N-ethyl adjacent to an activating group) is 1. The van der Waals surface area contributed by atoms with E-state index in [1.165, 1.54) is 4.90 Å². The average Bonchev–Trinajstić information content (AvgIpc) is 3.20. The van der Waals surface area contributed by atoms with Crippen LogP contribution in [0.25, 0.3) is 0 Å². The minimum Gasteiger partial charge on any atom is -0.454 e. The highest BCUT2D eigenvalue weighted by Crippen LogP contribution is 2.32. The van der Waals surface area contributed by atoms with Crippen molar-refractivity contribution in [3.8, 4) is 11.5 Å². The molecule has 1 aliphatic rings. The van der Waals surface area contributed by atoms with Crippen molar-refractivity contribution in [3.05, 3.63) is 59.7 Å². The third kappa shape index (κ3) is 5.04. The van der Waals surface area contributed by atoms with Crippen molar-refractivity contribution in [1.82, 2.24) is 4.90 Å². The molecule has 0 radical (unpaired) electrons. The number of fused-ring (bicyclic) bond motifs is 1. The van der Waals surface area contributed by atoms with Gasteiger partial charge >= 0.3 is 5.97 Å². The van der Waals surface area contributed by atoms with Crippen LogP contribution in [0.3, 0.4) is 0 Å². The molecule has 152 valence electrons. The molecule has 0 saturated heterocycles. The summed E-state index contributed by atoms with van der Waals surface area (Å²) < 4.78 is 15.9. The molecule has 29 heavy (non-hydrogen) atoms. The summed E-state index contributed by atoms with van der Waals surface area (Å²) in [6, 6.07) is 14.2. The smallest absolute Gasteiger partial charge is 0.348 e. The first-order valence-corrected chi connectivity index (χ1v) is 8.98.